The third kappa shape index (κ3) is 3.92. The first-order valence-electron chi connectivity index (χ1n) is 9.93. The van der Waals surface area contributed by atoms with Gasteiger partial charge >= 0.3 is 0 Å². The van der Waals surface area contributed by atoms with Gasteiger partial charge in [0.15, 0.2) is 5.78 Å². The number of Topliss-reactive ketones (excluding diaryl/α,β-unsaturated/α-hetero) is 1. The van der Waals surface area contributed by atoms with Crippen LogP contribution in [0.15, 0.2) is 48.6 Å². The van der Waals surface area contributed by atoms with Crippen LogP contribution in [-0.4, -0.2) is 21.1 Å². The molecule has 1 aliphatic rings. The van der Waals surface area contributed by atoms with Crippen molar-refractivity contribution in [1.29, 1.82) is 0 Å². The van der Waals surface area contributed by atoms with E-state index in [0.29, 0.717) is 34.4 Å². The Bertz CT molecular complexity index is 1040. The van der Waals surface area contributed by atoms with Crippen LogP contribution in [0.25, 0.3) is 0 Å². The molecule has 0 aromatic heterocycles. The minimum Gasteiger partial charge on any atom is -0.508 e. The summed E-state index contributed by atoms with van der Waals surface area (Å²) in [4.78, 5) is 12.9. The van der Waals surface area contributed by atoms with Crippen molar-refractivity contribution in [3.63, 3.8) is 0 Å². The molecule has 3 N–H and O–H groups in total. The molecule has 0 radical (unpaired) electrons. The molecule has 30 heavy (non-hydrogen) atoms. The molecular weight excluding hydrogens is 380 g/mol. The van der Waals surface area contributed by atoms with Crippen molar-refractivity contribution in [2.24, 2.45) is 0 Å². The van der Waals surface area contributed by atoms with Crippen molar-refractivity contribution < 1.29 is 24.9 Å². The lowest BCUT2D eigenvalue weighted by Gasteiger charge is -2.30. The van der Waals surface area contributed by atoms with Crippen molar-refractivity contribution in [2.45, 2.75) is 52.1 Å². The predicted molar refractivity (Wildman–Crippen MR) is 117 cm³/mol. The Morgan fingerprint density at radius 2 is 1.87 bits per heavy atom. The Labute approximate surface area is 177 Å². The van der Waals surface area contributed by atoms with Crippen molar-refractivity contribution >= 4 is 5.78 Å². The lowest BCUT2D eigenvalue weighted by Crippen LogP contribution is -2.22. The number of benzene rings is 2. The summed E-state index contributed by atoms with van der Waals surface area (Å²) in [6, 6.07) is 6.01. The quantitative estimate of drug-likeness (QED) is 0.570. The maximum absolute atomic E-state index is 12.9. The highest BCUT2D eigenvalue weighted by molar-refractivity contribution is 6.00. The van der Waals surface area contributed by atoms with Crippen LogP contribution >= 0.6 is 0 Å². The summed E-state index contributed by atoms with van der Waals surface area (Å²) < 4.78 is 6.18. The van der Waals surface area contributed by atoms with Crippen LogP contribution in [0.2, 0.25) is 0 Å². The van der Waals surface area contributed by atoms with Gasteiger partial charge in [-0.15, -0.1) is 6.58 Å². The van der Waals surface area contributed by atoms with Crippen LogP contribution in [0, 0.1) is 0 Å². The first-order chi connectivity index (χ1) is 14.0. The molecular formula is C25H28O5. The minimum absolute atomic E-state index is 0.0478. The molecule has 0 bridgehead atoms. The molecule has 158 valence electrons. The van der Waals surface area contributed by atoms with Gasteiger partial charge in [0.25, 0.3) is 0 Å². The Morgan fingerprint density at radius 3 is 2.50 bits per heavy atom. The van der Waals surface area contributed by atoms with Crippen LogP contribution < -0.4 is 4.74 Å². The Kier molecular flexibility index (Phi) is 5.66. The van der Waals surface area contributed by atoms with E-state index in [4.69, 9.17) is 4.74 Å². The second-order valence-electron chi connectivity index (χ2n) is 8.51. The summed E-state index contributed by atoms with van der Waals surface area (Å²) in [7, 11) is 0. The van der Waals surface area contributed by atoms with E-state index in [1.165, 1.54) is 12.1 Å². The number of carbonyl (C=O) groups excluding carboxylic acids is 1. The third-order valence-electron chi connectivity index (χ3n) is 5.58. The predicted octanol–water partition coefficient (Wildman–Crippen LogP) is 5.48. The van der Waals surface area contributed by atoms with Crippen molar-refractivity contribution in [3.05, 3.63) is 70.8 Å². The van der Waals surface area contributed by atoms with Crippen LogP contribution in [0.1, 0.15) is 67.3 Å². The average Bonchev–Trinajstić information content (AvgIpc) is 2.66. The van der Waals surface area contributed by atoms with Gasteiger partial charge in [-0.05, 0) is 38.5 Å². The van der Waals surface area contributed by atoms with Crippen LogP contribution in [0.4, 0.5) is 0 Å². The van der Waals surface area contributed by atoms with Crippen molar-refractivity contribution in [3.8, 4) is 23.0 Å². The highest BCUT2D eigenvalue weighted by Crippen LogP contribution is 2.45. The van der Waals surface area contributed by atoms with E-state index in [1.807, 2.05) is 33.8 Å². The molecule has 1 aliphatic heterocycles. The molecule has 0 saturated heterocycles. The van der Waals surface area contributed by atoms with Gasteiger partial charge in [-0.1, -0.05) is 31.6 Å². The summed E-state index contributed by atoms with van der Waals surface area (Å²) in [6.45, 7) is 11.5. The first kappa shape index (κ1) is 21.5. The Hall–Kier alpha value is -3.21. The molecule has 0 spiro atoms. The lowest BCUT2D eigenvalue weighted by molar-refractivity contribution is 0.0844. The molecule has 2 aromatic carbocycles. The standard InChI is InChI=1S/C25H28O5/c1-6-25(4,5)18-11-17(20(27)12-22(18)29)23-13-21(28)16-9-10-19(26)15(24(16)30-23)8-7-14(2)3/h6-7,9-12,23,26-27,29H,1,8,13H2,2-5H3/t23-/m0/s1. The molecule has 3 rings (SSSR count). The summed E-state index contributed by atoms with van der Waals surface area (Å²) >= 11 is 0. The van der Waals surface area contributed by atoms with Crippen molar-refractivity contribution in [2.75, 3.05) is 0 Å². The number of phenols is 3. The number of allylic oxidation sites excluding steroid dienone is 3. The number of hydrogen-bond donors (Lipinski definition) is 3. The molecule has 1 atom stereocenters. The fourth-order valence-electron chi connectivity index (χ4n) is 3.59. The van der Waals surface area contributed by atoms with E-state index in [2.05, 4.69) is 6.58 Å². The first-order valence-corrected chi connectivity index (χ1v) is 9.93. The van der Waals surface area contributed by atoms with Gasteiger partial charge < -0.3 is 20.1 Å². The van der Waals surface area contributed by atoms with E-state index in [-0.39, 0.29) is 29.5 Å². The molecule has 0 aliphatic carbocycles. The minimum atomic E-state index is -0.739. The van der Waals surface area contributed by atoms with E-state index >= 15 is 0 Å². The molecule has 5 heteroatoms. The lowest BCUT2D eigenvalue weighted by atomic mass is 9.82. The largest absolute Gasteiger partial charge is 0.508 e. The summed E-state index contributed by atoms with van der Waals surface area (Å²) in [6.07, 6.45) is 3.40. The van der Waals surface area contributed by atoms with Gasteiger partial charge in [0.2, 0.25) is 0 Å². The zero-order valence-corrected chi connectivity index (χ0v) is 17.8. The number of phenolic OH excluding ortho intramolecular Hbond substituents is 3. The second kappa shape index (κ2) is 7.90. The highest BCUT2D eigenvalue weighted by Gasteiger charge is 2.33. The van der Waals surface area contributed by atoms with E-state index < -0.39 is 11.5 Å². The smallest absolute Gasteiger partial charge is 0.170 e. The number of carbonyl (C=O) groups is 1. The molecule has 5 nitrogen and oxygen atoms in total. The Morgan fingerprint density at radius 1 is 1.17 bits per heavy atom. The van der Waals surface area contributed by atoms with Gasteiger partial charge in [-0.3, -0.25) is 4.79 Å². The zero-order valence-electron chi connectivity index (χ0n) is 17.8. The number of hydrogen-bond acceptors (Lipinski definition) is 5. The van der Waals surface area contributed by atoms with E-state index in [1.54, 1.807) is 18.2 Å². The maximum atomic E-state index is 12.9. The number of fused-ring (bicyclic) bond motifs is 1. The average molecular weight is 408 g/mol. The highest BCUT2D eigenvalue weighted by atomic mass is 16.5. The van der Waals surface area contributed by atoms with Gasteiger partial charge in [0, 0.05) is 28.2 Å². The van der Waals surface area contributed by atoms with Crippen LogP contribution in [0.3, 0.4) is 0 Å². The fourth-order valence-corrected chi connectivity index (χ4v) is 3.59. The van der Waals surface area contributed by atoms with Gasteiger partial charge in [-0.25, -0.2) is 0 Å². The van der Waals surface area contributed by atoms with Gasteiger partial charge in [0.1, 0.15) is 29.1 Å². The molecule has 0 amide bonds. The monoisotopic (exact) mass is 408 g/mol. The number of aromatic hydroxyl groups is 3. The van der Waals surface area contributed by atoms with Crippen LogP contribution in [0.5, 0.6) is 23.0 Å². The second-order valence-corrected chi connectivity index (χ2v) is 8.51. The topological polar surface area (TPSA) is 87.0 Å². The fraction of sp³-hybridized carbons (Fsp3) is 0.320. The van der Waals surface area contributed by atoms with Gasteiger partial charge in [0.05, 0.1) is 12.0 Å². The summed E-state index contributed by atoms with van der Waals surface area (Å²) in [5, 5.41) is 31.2. The molecule has 1 heterocycles. The number of rotatable bonds is 5. The maximum Gasteiger partial charge on any atom is 0.170 e. The van der Waals surface area contributed by atoms with Gasteiger partial charge in [-0.2, -0.15) is 0 Å². The van der Waals surface area contributed by atoms with Crippen LogP contribution in [-0.2, 0) is 11.8 Å². The summed E-state index contributed by atoms with van der Waals surface area (Å²) in [5.74, 6) is 0.0690. The normalized spacial score (nSPS) is 15.9. The SMILES string of the molecule is C=CC(C)(C)c1cc([C@@H]2CC(=O)c3ccc(O)c(CC=C(C)C)c3O2)c(O)cc1O. The molecule has 0 fully saturated rings. The zero-order chi connectivity index (χ0) is 22.2. The summed E-state index contributed by atoms with van der Waals surface area (Å²) in [5.41, 5.74) is 2.48. The molecule has 2 aromatic rings. The Balaban J connectivity index is 2.10. The number of ether oxygens (including phenoxy) is 1. The van der Waals surface area contributed by atoms with E-state index in [0.717, 1.165) is 5.57 Å². The third-order valence-corrected chi connectivity index (χ3v) is 5.58. The molecule has 0 saturated carbocycles. The van der Waals surface area contributed by atoms with E-state index in [9.17, 15) is 20.1 Å². The number of ketones is 1. The molecule has 0 unspecified atom stereocenters. The van der Waals surface area contributed by atoms with Crippen molar-refractivity contribution in [1.82, 2.24) is 0 Å².